The number of aliphatic hydroxyl groups excluding tert-OH is 1. The molecule has 0 spiro atoms. The topological polar surface area (TPSA) is 49.5 Å². The first kappa shape index (κ1) is 15.7. The van der Waals surface area contributed by atoms with Crippen LogP contribution in [0.25, 0.3) is 0 Å². The number of aliphatic hydroxyl groups is 1. The number of nitrogens with zero attached hydrogens (tertiary/aromatic N) is 1. The Kier molecular flexibility index (Phi) is 5.51. The van der Waals surface area contributed by atoms with Crippen LogP contribution >= 0.6 is 0 Å². The summed E-state index contributed by atoms with van der Waals surface area (Å²) < 4.78 is 0. The van der Waals surface area contributed by atoms with Crippen LogP contribution in [-0.4, -0.2) is 29.6 Å². The maximum absolute atomic E-state index is 10.5. The fourth-order valence-corrected chi connectivity index (χ4v) is 2.45. The van der Waals surface area contributed by atoms with E-state index in [1.807, 2.05) is 74.6 Å². The van der Waals surface area contributed by atoms with E-state index in [1.165, 1.54) is 0 Å². The molecule has 0 saturated carbocycles. The van der Waals surface area contributed by atoms with Gasteiger partial charge in [-0.25, -0.2) is 0 Å². The smallest absolute Gasteiger partial charge is 0.0942 e. The largest absolute Gasteiger partial charge is 0.387 e. The highest BCUT2D eigenvalue weighted by atomic mass is 16.3. The Morgan fingerprint density at radius 2 is 1.43 bits per heavy atom. The van der Waals surface area contributed by atoms with Gasteiger partial charge in [-0.2, -0.15) is 0 Å². The molecule has 3 heteroatoms. The number of benzene rings is 2. The van der Waals surface area contributed by atoms with E-state index in [-0.39, 0.29) is 12.1 Å². The van der Waals surface area contributed by atoms with E-state index >= 15 is 0 Å². The van der Waals surface area contributed by atoms with Gasteiger partial charge in [0.25, 0.3) is 0 Å². The molecule has 2 rings (SSSR count). The Balaban J connectivity index is 1.98. The number of nitrogens with two attached hydrogens (primary N) is 1. The lowest BCUT2D eigenvalue weighted by Crippen LogP contribution is -2.39. The monoisotopic (exact) mass is 284 g/mol. The lowest BCUT2D eigenvalue weighted by Gasteiger charge is -2.31. The van der Waals surface area contributed by atoms with Gasteiger partial charge in [-0.15, -0.1) is 0 Å². The van der Waals surface area contributed by atoms with Gasteiger partial charge >= 0.3 is 0 Å². The van der Waals surface area contributed by atoms with Crippen molar-refractivity contribution in [2.24, 2.45) is 5.73 Å². The van der Waals surface area contributed by atoms with Gasteiger partial charge in [0.2, 0.25) is 0 Å². The first-order valence-corrected chi connectivity index (χ1v) is 7.33. The highest BCUT2D eigenvalue weighted by Crippen LogP contribution is 2.21. The Morgan fingerprint density at radius 1 is 0.952 bits per heavy atom. The molecule has 0 amide bonds. The van der Waals surface area contributed by atoms with Crippen LogP contribution in [0, 0.1) is 0 Å². The summed E-state index contributed by atoms with van der Waals surface area (Å²) in [6.45, 7) is 2.73. The van der Waals surface area contributed by atoms with Crippen molar-refractivity contribution in [3.63, 3.8) is 0 Å². The predicted octanol–water partition coefficient (Wildman–Crippen LogP) is 2.74. The van der Waals surface area contributed by atoms with Crippen LogP contribution in [0.15, 0.2) is 60.7 Å². The zero-order valence-electron chi connectivity index (χ0n) is 12.7. The molecule has 3 N–H and O–H groups in total. The third kappa shape index (κ3) is 4.14. The number of hydrogen-bond acceptors (Lipinski definition) is 3. The number of hydrogen-bond donors (Lipinski definition) is 2. The van der Waals surface area contributed by atoms with Crippen molar-refractivity contribution < 1.29 is 5.11 Å². The van der Waals surface area contributed by atoms with Gasteiger partial charge in [0.05, 0.1) is 6.10 Å². The van der Waals surface area contributed by atoms with E-state index in [1.54, 1.807) is 0 Å². The van der Waals surface area contributed by atoms with Gasteiger partial charge in [-0.1, -0.05) is 60.7 Å². The standard InChI is InChI=1S/C18H24N2O/c1-14(18(21)16-11-7-4-8-12-16)20(2)13-17(19)15-9-5-3-6-10-15/h3-12,14,17-18,21H,13,19H2,1-2H3/t14-,17-,18+/m0/s1. The molecule has 112 valence electrons. The summed E-state index contributed by atoms with van der Waals surface area (Å²) in [6, 6.07) is 19.8. The number of rotatable bonds is 6. The SMILES string of the molecule is C[C@@H]([C@@H](O)c1ccccc1)N(C)C[C@H](N)c1ccccc1. The van der Waals surface area contributed by atoms with E-state index < -0.39 is 6.10 Å². The average molecular weight is 284 g/mol. The van der Waals surface area contributed by atoms with E-state index in [4.69, 9.17) is 5.73 Å². The summed E-state index contributed by atoms with van der Waals surface area (Å²) in [7, 11) is 2.00. The lowest BCUT2D eigenvalue weighted by molar-refractivity contribution is 0.0696. The van der Waals surface area contributed by atoms with Crippen LogP contribution in [-0.2, 0) is 0 Å². The van der Waals surface area contributed by atoms with Crippen molar-refractivity contribution in [1.29, 1.82) is 0 Å². The number of likely N-dealkylation sites (N-methyl/N-ethyl adjacent to an activating group) is 1. The van der Waals surface area contributed by atoms with Crippen LogP contribution in [0.1, 0.15) is 30.2 Å². The Bertz CT molecular complexity index is 529. The minimum absolute atomic E-state index is 0.00200. The zero-order chi connectivity index (χ0) is 15.2. The minimum atomic E-state index is -0.515. The van der Waals surface area contributed by atoms with Gasteiger partial charge < -0.3 is 10.8 Å². The maximum Gasteiger partial charge on any atom is 0.0942 e. The van der Waals surface area contributed by atoms with Crippen molar-refractivity contribution in [2.75, 3.05) is 13.6 Å². The molecule has 21 heavy (non-hydrogen) atoms. The molecule has 0 unspecified atom stereocenters. The molecular weight excluding hydrogens is 260 g/mol. The van der Waals surface area contributed by atoms with Crippen molar-refractivity contribution in [2.45, 2.75) is 25.1 Å². The Hall–Kier alpha value is -1.68. The van der Waals surface area contributed by atoms with Crippen molar-refractivity contribution in [3.8, 4) is 0 Å². The van der Waals surface area contributed by atoms with Crippen LogP contribution in [0.3, 0.4) is 0 Å². The molecule has 0 aliphatic heterocycles. The molecule has 0 aliphatic rings. The van der Waals surface area contributed by atoms with E-state index in [2.05, 4.69) is 4.90 Å². The van der Waals surface area contributed by atoms with Gasteiger partial charge in [-0.3, -0.25) is 4.90 Å². The minimum Gasteiger partial charge on any atom is -0.387 e. The molecule has 0 heterocycles. The van der Waals surface area contributed by atoms with Gasteiger partial charge in [0, 0.05) is 18.6 Å². The fourth-order valence-electron chi connectivity index (χ4n) is 2.45. The van der Waals surface area contributed by atoms with Crippen molar-refractivity contribution >= 4 is 0 Å². The van der Waals surface area contributed by atoms with Gasteiger partial charge in [-0.05, 0) is 25.1 Å². The molecule has 2 aromatic carbocycles. The molecule has 3 atom stereocenters. The molecule has 0 aromatic heterocycles. The maximum atomic E-state index is 10.5. The molecular formula is C18H24N2O. The second-order valence-electron chi connectivity index (χ2n) is 5.55. The summed E-state index contributed by atoms with van der Waals surface area (Å²) in [4.78, 5) is 2.11. The van der Waals surface area contributed by atoms with Crippen LogP contribution in [0.4, 0.5) is 0 Å². The van der Waals surface area contributed by atoms with E-state index in [9.17, 15) is 5.11 Å². The van der Waals surface area contributed by atoms with Gasteiger partial charge in [0.15, 0.2) is 0 Å². The summed E-state index contributed by atoms with van der Waals surface area (Å²) >= 11 is 0. The van der Waals surface area contributed by atoms with Crippen LogP contribution in [0.2, 0.25) is 0 Å². The van der Waals surface area contributed by atoms with E-state index in [0.717, 1.165) is 11.1 Å². The molecule has 0 fully saturated rings. The zero-order valence-corrected chi connectivity index (χ0v) is 12.7. The van der Waals surface area contributed by atoms with Crippen molar-refractivity contribution in [3.05, 3.63) is 71.8 Å². The Morgan fingerprint density at radius 3 is 1.95 bits per heavy atom. The first-order valence-electron chi connectivity index (χ1n) is 7.33. The first-order chi connectivity index (χ1) is 10.1. The molecule has 0 radical (unpaired) electrons. The third-order valence-electron chi connectivity index (χ3n) is 4.01. The predicted molar refractivity (Wildman–Crippen MR) is 86.9 cm³/mol. The fraction of sp³-hybridized carbons (Fsp3) is 0.333. The Labute approximate surface area is 127 Å². The second kappa shape index (κ2) is 7.36. The van der Waals surface area contributed by atoms with Crippen LogP contribution < -0.4 is 5.73 Å². The summed E-state index contributed by atoms with van der Waals surface area (Å²) in [5.41, 5.74) is 8.30. The van der Waals surface area contributed by atoms with Crippen molar-refractivity contribution in [1.82, 2.24) is 4.90 Å². The molecule has 0 saturated heterocycles. The second-order valence-corrected chi connectivity index (χ2v) is 5.55. The van der Waals surface area contributed by atoms with Crippen LogP contribution in [0.5, 0.6) is 0 Å². The average Bonchev–Trinajstić information content (AvgIpc) is 2.55. The molecule has 0 aliphatic carbocycles. The molecule has 2 aromatic rings. The highest BCUT2D eigenvalue weighted by Gasteiger charge is 2.22. The lowest BCUT2D eigenvalue weighted by atomic mass is 10.0. The normalized spacial score (nSPS) is 15.7. The van der Waals surface area contributed by atoms with E-state index in [0.29, 0.717) is 6.54 Å². The quantitative estimate of drug-likeness (QED) is 0.857. The summed E-state index contributed by atoms with van der Waals surface area (Å²) in [5.74, 6) is 0. The highest BCUT2D eigenvalue weighted by molar-refractivity contribution is 5.20. The molecule has 0 bridgehead atoms. The summed E-state index contributed by atoms with van der Waals surface area (Å²) in [5, 5.41) is 10.5. The summed E-state index contributed by atoms with van der Waals surface area (Å²) in [6.07, 6.45) is -0.515. The van der Waals surface area contributed by atoms with Gasteiger partial charge in [0.1, 0.15) is 0 Å². The molecule has 3 nitrogen and oxygen atoms in total. The third-order valence-corrected chi connectivity index (χ3v) is 4.01.